The Hall–Kier alpha value is -2.02. The van der Waals surface area contributed by atoms with Crippen molar-refractivity contribution in [2.75, 3.05) is 33.0 Å². The molecule has 3 atom stereocenters. The van der Waals surface area contributed by atoms with E-state index in [2.05, 4.69) is 43.4 Å². The van der Waals surface area contributed by atoms with Gasteiger partial charge in [0.1, 0.15) is 5.41 Å². The summed E-state index contributed by atoms with van der Waals surface area (Å²) in [6.07, 6.45) is 8.78. The standard InChI is InChI=1S/C35H52NO6P/c1-4-6-23-41-43(39,42-24-7-5-2)25-13-12-21-35(30-16-10-8-14-28(30)29-15-9-11-17-31(29)35)34(38)36-22-20-27-18-19-33(40-3)32(37)26-27/h8-11,14-17,27,32-33,37H,4-7,12-13,18-26H2,1-3H3,(H,36,38). The number of amides is 1. The Morgan fingerprint density at radius 3 is 2.09 bits per heavy atom. The number of aliphatic hydroxyl groups excluding tert-OH is 1. The predicted molar refractivity (Wildman–Crippen MR) is 172 cm³/mol. The molecule has 4 rings (SSSR count). The van der Waals surface area contributed by atoms with Crippen molar-refractivity contribution >= 4 is 13.5 Å². The predicted octanol–water partition coefficient (Wildman–Crippen LogP) is 7.63. The van der Waals surface area contributed by atoms with Gasteiger partial charge in [0.2, 0.25) is 5.91 Å². The van der Waals surface area contributed by atoms with Crippen molar-refractivity contribution in [1.29, 1.82) is 0 Å². The zero-order chi connectivity index (χ0) is 30.7. The van der Waals surface area contributed by atoms with E-state index in [1.54, 1.807) is 7.11 Å². The summed E-state index contributed by atoms with van der Waals surface area (Å²) < 4.78 is 30.6. The summed E-state index contributed by atoms with van der Waals surface area (Å²) in [5.41, 5.74) is 3.45. The van der Waals surface area contributed by atoms with Crippen LogP contribution in [0.4, 0.5) is 0 Å². The minimum Gasteiger partial charge on any atom is -0.390 e. The highest BCUT2D eigenvalue weighted by Crippen LogP contribution is 2.53. The van der Waals surface area contributed by atoms with E-state index in [9.17, 15) is 14.5 Å². The van der Waals surface area contributed by atoms with Gasteiger partial charge in [0.15, 0.2) is 0 Å². The number of unbranched alkanes of at least 4 members (excludes halogenated alkanes) is 3. The van der Waals surface area contributed by atoms with E-state index in [0.29, 0.717) is 57.5 Å². The molecule has 2 aromatic rings. The minimum atomic E-state index is -3.19. The van der Waals surface area contributed by atoms with Crippen molar-refractivity contribution in [2.24, 2.45) is 5.92 Å². The van der Waals surface area contributed by atoms with E-state index in [1.807, 2.05) is 24.3 Å². The van der Waals surface area contributed by atoms with Crippen LogP contribution in [0.1, 0.15) is 95.6 Å². The third-order valence-electron chi connectivity index (χ3n) is 9.26. The normalized spacial score (nSPS) is 20.9. The van der Waals surface area contributed by atoms with Crippen LogP contribution in [0.3, 0.4) is 0 Å². The monoisotopic (exact) mass is 613 g/mol. The average molecular weight is 614 g/mol. The van der Waals surface area contributed by atoms with Crippen molar-refractivity contribution in [3.05, 3.63) is 59.7 Å². The Labute approximate surface area is 258 Å². The zero-order valence-corrected chi connectivity index (χ0v) is 27.3. The molecule has 1 saturated carbocycles. The molecule has 1 amide bonds. The summed E-state index contributed by atoms with van der Waals surface area (Å²) in [7, 11) is -1.54. The lowest BCUT2D eigenvalue weighted by atomic mass is 9.73. The van der Waals surface area contributed by atoms with Crippen molar-refractivity contribution in [3.63, 3.8) is 0 Å². The first-order valence-corrected chi connectivity index (χ1v) is 18.2. The SMILES string of the molecule is CCCCOP(=O)(CCCCC1(C(=O)NCCC2CCC(OC)C(O)C2)c2ccccc2-c2ccccc21)OCCCC. The molecule has 0 heterocycles. The number of fused-ring (bicyclic) bond motifs is 3. The molecule has 0 radical (unpaired) electrons. The molecule has 2 aliphatic carbocycles. The van der Waals surface area contributed by atoms with Gasteiger partial charge in [-0.15, -0.1) is 0 Å². The van der Waals surface area contributed by atoms with E-state index < -0.39 is 19.1 Å². The fourth-order valence-corrected chi connectivity index (χ4v) is 8.55. The van der Waals surface area contributed by atoms with E-state index in [1.165, 1.54) is 0 Å². The Morgan fingerprint density at radius 2 is 1.53 bits per heavy atom. The number of nitrogens with one attached hydrogen (secondary N) is 1. The van der Waals surface area contributed by atoms with Crippen LogP contribution in [0, 0.1) is 5.92 Å². The molecule has 8 heteroatoms. The Kier molecular flexibility index (Phi) is 12.9. The number of rotatable bonds is 18. The number of methoxy groups -OCH3 is 1. The van der Waals surface area contributed by atoms with Gasteiger partial charge in [-0.1, -0.05) is 81.6 Å². The molecule has 3 unspecified atom stereocenters. The largest absolute Gasteiger partial charge is 0.390 e. The van der Waals surface area contributed by atoms with Crippen LogP contribution >= 0.6 is 7.60 Å². The average Bonchev–Trinajstić information content (AvgIpc) is 3.30. The molecule has 2 N–H and O–H groups in total. The Bertz CT molecular complexity index is 1160. The summed E-state index contributed by atoms with van der Waals surface area (Å²) in [6.45, 7) is 5.62. The second kappa shape index (κ2) is 16.3. The van der Waals surface area contributed by atoms with E-state index >= 15 is 0 Å². The maximum absolute atomic E-state index is 14.4. The quantitative estimate of drug-likeness (QED) is 0.133. The van der Waals surface area contributed by atoms with Gasteiger partial charge in [0.05, 0.1) is 31.6 Å². The lowest BCUT2D eigenvalue weighted by Gasteiger charge is -2.33. The minimum absolute atomic E-state index is 0.0117. The molecule has 0 aliphatic heterocycles. The molecule has 43 heavy (non-hydrogen) atoms. The van der Waals surface area contributed by atoms with Gasteiger partial charge < -0.3 is 24.2 Å². The first-order chi connectivity index (χ1) is 20.9. The lowest BCUT2D eigenvalue weighted by molar-refractivity contribution is -0.125. The summed E-state index contributed by atoms with van der Waals surface area (Å²) in [5, 5.41) is 13.7. The highest BCUT2D eigenvalue weighted by molar-refractivity contribution is 7.53. The number of aliphatic hydroxyl groups is 1. The van der Waals surface area contributed by atoms with Crippen molar-refractivity contribution in [3.8, 4) is 11.1 Å². The number of carbonyl (C=O) groups excluding carboxylic acids is 1. The summed E-state index contributed by atoms with van der Waals surface area (Å²) >= 11 is 0. The van der Waals surface area contributed by atoms with E-state index in [0.717, 1.165) is 67.2 Å². The lowest BCUT2D eigenvalue weighted by Crippen LogP contribution is -2.45. The number of hydrogen-bond acceptors (Lipinski definition) is 6. The fourth-order valence-electron chi connectivity index (χ4n) is 6.79. The number of benzene rings is 2. The van der Waals surface area contributed by atoms with Crippen LogP contribution < -0.4 is 5.32 Å². The molecular weight excluding hydrogens is 561 g/mol. The number of ether oxygens (including phenoxy) is 1. The molecule has 7 nitrogen and oxygen atoms in total. The molecule has 0 saturated heterocycles. The van der Waals surface area contributed by atoms with Crippen LogP contribution in [0.25, 0.3) is 11.1 Å². The smallest absolute Gasteiger partial charge is 0.330 e. The van der Waals surface area contributed by atoms with Crippen LogP contribution in [0.15, 0.2) is 48.5 Å². The first kappa shape index (κ1) is 33.9. The Balaban J connectivity index is 1.48. The highest BCUT2D eigenvalue weighted by atomic mass is 31.2. The number of carbonyl (C=O) groups is 1. The summed E-state index contributed by atoms with van der Waals surface area (Å²) in [5.74, 6) is 0.368. The molecule has 2 aromatic carbocycles. The third-order valence-corrected chi connectivity index (χ3v) is 11.3. The van der Waals surface area contributed by atoms with Gasteiger partial charge in [0.25, 0.3) is 0 Å². The van der Waals surface area contributed by atoms with Gasteiger partial charge in [0, 0.05) is 13.7 Å². The summed E-state index contributed by atoms with van der Waals surface area (Å²) in [6, 6.07) is 16.5. The van der Waals surface area contributed by atoms with Crippen LogP contribution in [-0.4, -0.2) is 56.3 Å². The molecule has 0 bridgehead atoms. The second-order valence-electron chi connectivity index (χ2n) is 12.2. The van der Waals surface area contributed by atoms with Gasteiger partial charge in [-0.3, -0.25) is 9.36 Å². The van der Waals surface area contributed by atoms with Crippen molar-refractivity contribution in [2.45, 2.75) is 102 Å². The van der Waals surface area contributed by atoms with Crippen LogP contribution in [0.2, 0.25) is 0 Å². The highest BCUT2D eigenvalue weighted by Gasteiger charge is 2.48. The molecular formula is C35H52NO6P. The van der Waals surface area contributed by atoms with Gasteiger partial charge >= 0.3 is 7.60 Å². The molecule has 238 valence electrons. The van der Waals surface area contributed by atoms with Crippen LogP contribution in [0.5, 0.6) is 0 Å². The van der Waals surface area contributed by atoms with Gasteiger partial charge in [-0.05, 0) is 79.5 Å². The fraction of sp³-hybridized carbons (Fsp3) is 0.629. The third kappa shape index (κ3) is 8.18. The topological polar surface area (TPSA) is 94.1 Å². The van der Waals surface area contributed by atoms with E-state index in [4.69, 9.17) is 13.8 Å². The van der Waals surface area contributed by atoms with Crippen molar-refractivity contribution < 1.29 is 28.3 Å². The molecule has 0 aromatic heterocycles. The van der Waals surface area contributed by atoms with Crippen LogP contribution in [-0.2, 0) is 28.6 Å². The maximum Gasteiger partial charge on any atom is 0.330 e. The van der Waals surface area contributed by atoms with Crippen molar-refractivity contribution in [1.82, 2.24) is 5.32 Å². The zero-order valence-electron chi connectivity index (χ0n) is 26.4. The van der Waals surface area contributed by atoms with E-state index in [-0.39, 0.29) is 12.0 Å². The first-order valence-electron chi connectivity index (χ1n) is 16.4. The summed E-state index contributed by atoms with van der Waals surface area (Å²) in [4.78, 5) is 14.4. The second-order valence-corrected chi connectivity index (χ2v) is 14.4. The molecule has 2 aliphatic rings. The molecule has 1 fully saturated rings. The Morgan fingerprint density at radius 1 is 0.930 bits per heavy atom. The maximum atomic E-state index is 14.4. The van der Waals surface area contributed by atoms with Gasteiger partial charge in [-0.2, -0.15) is 0 Å². The molecule has 0 spiro atoms. The van der Waals surface area contributed by atoms with Gasteiger partial charge in [-0.25, -0.2) is 0 Å². The number of hydrogen-bond donors (Lipinski definition) is 2.